The maximum atomic E-state index is 14.2. The number of aliphatic hydroxyl groups is 1. The van der Waals surface area contributed by atoms with Gasteiger partial charge in [-0.1, -0.05) is 37.3 Å². The van der Waals surface area contributed by atoms with Crippen molar-refractivity contribution in [3.63, 3.8) is 0 Å². The van der Waals surface area contributed by atoms with Crippen LogP contribution in [0.15, 0.2) is 54.6 Å². The van der Waals surface area contributed by atoms with Crippen molar-refractivity contribution in [1.82, 2.24) is 0 Å². The standard InChI is InChI=1S/C19H20F2O4/c1-2-12-24-18(23)17(22)19(20,21)15-8-10-16(11-9-15)25-13-14-6-4-3-5-7-14/h3-11,17,22H,2,12-13H2,1H3. The maximum absolute atomic E-state index is 14.2. The third kappa shape index (κ3) is 5.00. The number of rotatable bonds is 8. The van der Waals surface area contributed by atoms with E-state index in [0.717, 1.165) is 17.7 Å². The second-order valence-corrected chi connectivity index (χ2v) is 5.49. The summed E-state index contributed by atoms with van der Waals surface area (Å²) in [5.41, 5.74) is 0.464. The molecule has 0 aliphatic rings. The fraction of sp³-hybridized carbons (Fsp3) is 0.316. The molecule has 0 spiro atoms. The molecule has 0 saturated heterocycles. The molecule has 1 atom stereocenters. The van der Waals surface area contributed by atoms with Crippen LogP contribution >= 0.6 is 0 Å². The largest absolute Gasteiger partial charge is 0.489 e. The summed E-state index contributed by atoms with van der Waals surface area (Å²) in [4.78, 5) is 11.5. The van der Waals surface area contributed by atoms with Crippen LogP contribution in [0.2, 0.25) is 0 Å². The smallest absolute Gasteiger partial charge is 0.341 e. The van der Waals surface area contributed by atoms with Gasteiger partial charge in [0.15, 0.2) is 0 Å². The minimum absolute atomic E-state index is 0.0156. The summed E-state index contributed by atoms with van der Waals surface area (Å²) in [5.74, 6) is -4.68. The Morgan fingerprint density at radius 2 is 1.76 bits per heavy atom. The van der Waals surface area contributed by atoms with E-state index in [2.05, 4.69) is 4.74 Å². The number of benzene rings is 2. The normalized spacial score (nSPS) is 12.5. The van der Waals surface area contributed by atoms with Gasteiger partial charge in [0, 0.05) is 5.56 Å². The zero-order chi connectivity index (χ0) is 18.3. The Kier molecular flexibility index (Phi) is 6.47. The van der Waals surface area contributed by atoms with E-state index in [4.69, 9.17) is 4.74 Å². The number of alkyl halides is 2. The number of halogens is 2. The van der Waals surface area contributed by atoms with Gasteiger partial charge in [0.25, 0.3) is 0 Å². The van der Waals surface area contributed by atoms with Crippen molar-refractivity contribution in [3.05, 3.63) is 65.7 Å². The van der Waals surface area contributed by atoms with Crippen molar-refractivity contribution in [2.75, 3.05) is 6.61 Å². The van der Waals surface area contributed by atoms with E-state index in [9.17, 15) is 18.7 Å². The Hall–Kier alpha value is -2.47. The van der Waals surface area contributed by atoms with Gasteiger partial charge >= 0.3 is 11.9 Å². The van der Waals surface area contributed by atoms with Gasteiger partial charge in [-0.25, -0.2) is 4.79 Å². The number of hydrogen-bond acceptors (Lipinski definition) is 4. The molecule has 2 aromatic carbocycles. The lowest BCUT2D eigenvalue weighted by atomic mass is 10.0. The molecular weight excluding hydrogens is 330 g/mol. The van der Waals surface area contributed by atoms with Crippen LogP contribution in [0, 0.1) is 0 Å². The molecular formula is C19H20F2O4. The van der Waals surface area contributed by atoms with Crippen LogP contribution in [0.4, 0.5) is 8.78 Å². The molecule has 134 valence electrons. The zero-order valence-corrected chi connectivity index (χ0v) is 13.8. The van der Waals surface area contributed by atoms with Gasteiger partial charge in [-0.05, 0) is 36.2 Å². The van der Waals surface area contributed by atoms with Crippen LogP contribution in [-0.4, -0.2) is 23.8 Å². The van der Waals surface area contributed by atoms with Crippen molar-refractivity contribution in [1.29, 1.82) is 0 Å². The predicted molar refractivity (Wildman–Crippen MR) is 88.4 cm³/mol. The summed E-state index contributed by atoms with van der Waals surface area (Å²) in [7, 11) is 0. The minimum atomic E-state index is -3.75. The molecule has 6 heteroatoms. The molecule has 1 N–H and O–H groups in total. The highest BCUT2D eigenvalue weighted by Crippen LogP contribution is 2.33. The van der Waals surface area contributed by atoms with Crippen molar-refractivity contribution in [2.45, 2.75) is 32.0 Å². The molecule has 0 bridgehead atoms. The summed E-state index contributed by atoms with van der Waals surface area (Å²) in [6.07, 6.45) is -2.06. The molecule has 0 heterocycles. The highest BCUT2D eigenvalue weighted by atomic mass is 19.3. The first-order chi connectivity index (χ1) is 11.9. The van der Waals surface area contributed by atoms with E-state index in [1.807, 2.05) is 30.3 Å². The lowest BCUT2D eigenvalue weighted by Crippen LogP contribution is -2.39. The Labute approximate surface area is 145 Å². The van der Waals surface area contributed by atoms with Gasteiger partial charge in [0.05, 0.1) is 6.61 Å². The Balaban J connectivity index is 2.01. The van der Waals surface area contributed by atoms with Crippen LogP contribution < -0.4 is 4.74 Å². The lowest BCUT2D eigenvalue weighted by Gasteiger charge is -2.21. The van der Waals surface area contributed by atoms with Crippen LogP contribution in [0.5, 0.6) is 5.75 Å². The average Bonchev–Trinajstić information content (AvgIpc) is 2.65. The minimum Gasteiger partial charge on any atom is -0.489 e. The van der Waals surface area contributed by atoms with E-state index in [-0.39, 0.29) is 6.61 Å². The Morgan fingerprint density at radius 1 is 1.12 bits per heavy atom. The number of hydrogen-bond donors (Lipinski definition) is 1. The average molecular weight is 350 g/mol. The molecule has 2 aromatic rings. The third-order valence-electron chi connectivity index (χ3n) is 3.50. The summed E-state index contributed by atoms with van der Waals surface area (Å²) in [6, 6.07) is 14.4. The van der Waals surface area contributed by atoms with Crippen LogP contribution in [-0.2, 0) is 22.1 Å². The second kappa shape index (κ2) is 8.58. The Bertz CT molecular complexity index is 672. The van der Waals surface area contributed by atoms with Crippen LogP contribution in [0.3, 0.4) is 0 Å². The number of carbonyl (C=O) groups is 1. The van der Waals surface area contributed by atoms with Gasteiger partial charge in [-0.2, -0.15) is 8.78 Å². The molecule has 25 heavy (non-hydrogen) atoms. The van der Waals surface area contributed by atoms with Crippen molar-refractivity contribution in [3.8, 4) is 5.75 Å². The maximum Gasteiger partial charge on any atom is 0.341 e. The summed E-state index contributed by atoms with van der Waals surface area (Å²) < 4.78 is 38.5. The first-order valence-corrected chi connectivity index (χ1v) is 7.95. The van der Waals surface area contributed by atoms with Gasteiger partial charge in [0.2, 0.25) is 6.10 Å². The topological polar surface area (TPSA) is 55.8 Å². The van der Waals surface area contributed by atoms with Gasteiger partial charge in [-0.15, -0.1) is 0 Å². The monoisotopic (exact) mass is 350 g/mol. The molecule has 0 radical (unpaired) electrons. The van der Waals surface area contributed by atoms with E-state index in [1.54, 1.807) is 6.92 Å². The zero-order valence-electron chi connectivity index (χ0n) is 13.8. The number of carbonyl (C=O) groups excluding carboxylic acids is 1. The summed E-state index contributed by atoms with van der Waals surface area (Å²) in [5, 5.41) is 9.59. The first kappa shape index (κ1) is 18.9. The molecule has 4 nitrogen and oxygen atoms in total. The van der Waals surface area contributed by atoms with Crippen molar-refractivity contribution < 1.29 is 28.2 Å². The summed E-state index contributed by atoms with van der Waals surface area (Å²) in [6.45, 7) is 2.02. The molecule has 0 aliphatic carbocycles. The van der Waals surface area contributed by atoms with Crippen LogP contribution in [0.1, 0.15) is 24.5 Å². The lowest BCUT2D eigenvalue weighted by molar-refractivity contribution is -0.179. The molecule has 0 aromatic heterocycles. The number of esters is 1. The molecule has 0 saturated carbocycles. The van der Waals surface area contributed by atoms with Crippen molar-refractivity contribution in [2.24, 2.45) is 0 Å². The molecule has 0 aliphatic heterocycles. The second-order valence-electron chi connectivity index (χ2n) is 5.49. The van der Waals surface area contributed by atoms with E-state index >= 15 is 0 Å². The molecule has 2 rings (SSSR count). The fourth-order valence-electron chi connectivity index (χ4n) is 2.10. The quantitative estimate of drug-likeness (QED) is 0.738. The van der Waals surface area contributed by atoms with Gasteiger partial charge in [-0.3, -0.25) is 0 Å². The van der Waals surface area contributed by atoms with E-state index < -0.39 is 23.6 Å². The molecule has 0 fully saturated rings. The summed E-state index contributed by atoms with van der Waals surface area (Å²) >= 11 is 0. The first-order valence-electron chi connectivity index (χ1n) is 7.95. The molecule has 1 unspecified atom stereocenters. The van der Waals surface area contributed by atoms with Crippen LogP contribution in [0.25, 0.3) is 0 Å². The number of ether oxygens (including phenoxy) is 2. The third-order valence-corrected chi connectivity index (χ3v) is 3.50. The molecule has 0 amide bonds. The van der Waals surface area contributed by atoms with Crippen molar-refractivity contribution >= 4 is 5.97 Å². The fourth-order valence-corrected chi connectivity index (χ4v) is 2.10. The van der Waals surface area contributed by atoms with Gasteiger partial charge in [0.1, 0.15) is 12.4 Å². The van der Waals surface area contributed by atoms with E-state index in [1.165, 1.54) is 12.1 Å². The highest BCUT2D eigenvalue weighted by Gasteiger charge is 2.46. The van der Waals surface area contributed by atoms with Gasteiger partial charge < -0.3 is 14.6 Å². The van der Waals surface area contributed by atoms with E-state index in [0.29, 0.717) is 18.8 Å². The predicted octanol–water partition coefficient (Wildman–Crippen LogP) is 3.67. The Morgan fingerprint density at radius 3 is 2.36 bits per heavy atom. The number of aliphatic hydroxyl groups excluding tert-OH is 1. The SMILES string of the molecule is CCCOC(=O)C(O)C(F)(F)c1ccc(OCc2ccccc2)cc1. The highest BCUT2D eigenvalue weighted by molar-refractivity contribution is 5.76.